The molecular weight excluding hydrogens is 316 g/mol. The number of carbonyl (C=O) groups is 2. The van der Waals surface area contributed by atoms with Crippen molar-refractivity contribution in [3.63, 3.8) is 0 Å². The van der Waals surface area contributed by atoms with E-state index in [4.69, 9.17) is 4.74 Å². The average Bonchev–Trinajstić information content (AvgIpc) is 3.52. The lowest BCUT2D eigenvalue weighted by Gasteiger charge is -2.35. The summed E-state index contributed by atoms with van der Waals surface area (Å²) in [5, 5.41) is 3.20. The third-order valence-electron chi connectivity index (χ3n) is 6.00. The van der Waals surface area contributed by atoms with Crippen molar-refractivity contribution in [3.8, 4) is 5.75 Å². The van der Waals surface area contributed by atoms with Gasteiger partial charge >= 0.3 is 0 Å². The molecule has 0 unspecified atom stereocenters. The van der Waals surface area contributed by atoms with Gasteiger partial charge in [-0.25, -0.2) is 0 Å². The molecule has 5 atom stereocenters. The lowest BCUT2D eigenvalue weighted by molar-refractivity contribution is -0.123. The highest BCUT2D eigenvalue weighted by atomic mass is 16.5. The minimum atomic E-state index is -0.0499. The van der Waals surface area contributed by atoms with Gasteiger partial charge in [-0.15, -0.1) is 0 Å². The fourth-order valence-electron chi connectivity index (χ4n) is 3.93. The molecule has 5 nitrogen and oxygen atoms in total. The van der Waals surface area contributed by atoms with E-state index >= 15 is 0 Å². The summed E-state index contributed by atoms with van der Waals surface area (Å²) in [5.41, 5.74) is 1.92. The molecule has 1 aromatic carbocycles. The first-order chi connectivity index (χ1) is 12.0. The van der Waals surface area contributed by atoms with E-state index in [1.165, 1.54) is 0 Å². The van der Waals surface area contributed by atoms with Crippen LogP contribution in [-0.4, -0.2) is 25.5 Å². The zero-order valence-electron chi connectivity index (χ0n) is 15.1. The smallest absolute Gasteiger partial charge is 0.230 e. The highest BCUT2D eigenvalue weighted by Crippen LogP contribution is 2.44. The predicted octanol–water partition coefficient (Wildman–Crippen LogP) is 2.90. The van der Waals surface area contributed by atoms with E-state index in [0.717, 1.165) is 36.3 Å². The Balaban J connectivity index is 1.60. The summed E-state index contributed by atoms with van der Waals surface area (Å²) in [4.78, 5) is 27.1. The maximum atomic E-state index is 12.8. The molecule has 0 bridgehead atoms. The van der Waals surface area contributed by atoms with E-state index in [0.29, 0.717) is 18.4 Å². The zero-order valence-corrected chi connectivity index (χ0v) is 15.1. The fraction of sp³-hybridized carbons (Fsp3) is 0.600. The number of amides is 2. The Morgan fingerprint density at radius 3 is 2.44 bits per heavy atom. The van der Waals surface area contributed by atoms with E-state index in [2.05, 4.69) is 19.2 Å². The first-order valence-corrected chi connectivity index (χ1v) is 9.29. The quantitative estimate of drug-likeness (QED) is 0.915. The second-order valence-electron chi connectivity index (χ2n) is 7.90. The molecule has 2 amide bonds. The Morgan fingerprint density at radius 2 is 1.84 bits per heavy atom. The van der Waals surface area contributed by atoms with Crippen molar-refractivity contribution in [3.05, 3.63) is 23.8 Å². The summed E-state index contributed by atoms with van der Waals surface area (Å²) in [6, 6.07) is 5.76. The molecule has 3 aliphatic rings. The predicted molar refractivity (Wildman–Crippen MR) is 95.4 cm³/mol. The molecule has 2 saturated carbocycles. The molecule has 0 aromatic heterocycles. The SMILES string of the molecule is COc1ccc2c(c1)[C@H](NC(=O)[C@@H]1C[C@@H]1C)CCN2C(=O)[C@H]1C[C@H]1C. The molecule has 0 saturated heterocycles. The molecule has 0 spiro atoms. The van der Waals surface area contributed by atoms with Crippen LogP contribution in [0.3, 0.4) is 0 Å². The first-order valence-electron chi connectivity index (χ1n) is 9.29. The Labute approximate surface area is 148 Å². The molecule has 4 rings (SSSR count). The monoisotopic (exact) mass is 342 g/mol. The molecule has 2 aliphatic carbocycles. The highest BCUT2D eigenvalue weighted by Gasteiger charge is 2.44. The number of carbonyl (C=O) groups excluding carboxylic acids is 2. The van der Waals surface area contributed by atoms with Crippen molar-refractivity contribution in [2.45, 2.75) is 39.2 Å². The molecule has 5 heteroatoms. The molecule has 1 aromatic rings. The number of hydrogen-bond donors (Lipinski definition) is 1. The van der Waals surface area contributed by atoms with Crippen molar-refractivity contribution in [1.29, 1.82) is 0 Å². The molecule has 134 valence electrons. The second-order valence-corrected chi connectivity index (χ2v) is 7.90. The van der Waals surface area contributed by atoms with Gasteiger partial charge in [0.15, 0.2) is 0 Å². The normalized spacial score (nSPS) is 32.6. The molecule has 1 heterocycles. The summed E-state index contributed by atoms with van der Waals surface area (Å²) in [7, 11) is 1.64. The third-order valence-corrected chi connectivity index (χ3v) is 6.00. The van der Waals surface area contributed by atoms with Crippen LogP contribution in [0.2, 0.25) is 0 Å². The number of benzene rings is 1. The number of ether oxygens (including phenoxy) is 1. The molecule has 1 N–H and O–H groups in total. The first kappa shape index (κ1) is 16.4. The molecule has 1 aliphatic heterocycles. The average molecular weight is 342 g/mol. The summed E-state index contributed by atoms with van der Waals surface area (Å²) in [5.74, 6) is 2.41. The van der Waals surface area contributed by atoms with Gasteiger partial charge in [0.1, 0.15) is 5.75 Å². The van der Waals surface area contributed by atoms with E-state index in [1.807, 2.05) is 23.1 Å². The number of anilines is 1. The number of nitrogens with zero attached hydrogens (tertiary/aromatic N) is 1. The lowest BCUT2D eigenvalue weighted by Crippen LogP contribution is -2.42. The van der Waals surface area contributed by atoms with Gasteiger partial charge < -0.3 is 15.0 Å². The van der Waals surface area contributed by atoms with Gasteiger partial charge in [-0.2, -0.15) is 0 Å². The molecule has 0 radical (unpaired) electrons. The Hall–Kier alpha value is -2.04. The van der Waals surface area contributed by atoms with Crippen LogP contribution in [0.1, 0.15) is 44.7 Å². The fourth-order valence-corrected chi connectivity index (χ4v) is 3.93. The van der Waals surface area contributed by atoms with Crippen molar-refractivity contribution in [1.82, 2.24) is 5.32 Å². The summed E-state index contributed by atoms with van der Waals surface area (Å²) < 4.78 is 5.37. The van der Waals surface area contributed by atoms with Crippen LogP contribution < -0.4 is 15.0 Å². The molecule has 2 fully saturated rings. The van der Waals surface area contributed by atoms with Crippen molar-refractivity contribution in [2.75, 3.05) is 18.6 Å². The maximum absolute atomic E-state index is 12.8. The highest BCUT2D eigenvalue weighted by molar-refractivity contribution is 5.98. The molecule has 25 heavy (non-hydrogen) atoms. The van der Waals surface area contributed by atoms with Gasteiger partial charge in [-0.3, -0.25) is 9.59 Å². The van der Waals surface area contributed by atoms with Gasteiger partial charge in [0, 0.05) is 29.6 Å². The Bertz CT molecular complexity index is 717. The standard InChI is InChI=1S/C20H26N2O3/c1-11-8-14(11)19(23)21-17-6-7-22(20(24)15-9-12(15)2)18-5-4-13(25-3)10-16(17)18/h4-5,10-12,14-15,17H,6-9H2,1-3H3,(H,21,23)/t11-,12+,14+,15-,17+/m0/s1. The third kappa shape index (κ3) is 3.00. The number of fused-ring (bicyclic) bond motifs is 1. The van der Waals surface area contributed by atoms with Crippen LogP contribution in [0.5, 0.6) is 5.75 Å². The minimum absolute atomic E-state index is 0.0499. The summed E-state index contributed by atoms with van der Waals surface area (Å²) in [6.07, 6.45) is 2.72. The number of rotatable bonds is 4. The van der Waals surface area contributed by atoms with E-state index < -0.39 is 0 Å². The number of hydrogen-bond acceptors (Lipinski definition) is 3. The maximum Gasteiger partial charge on any atom is 0.230 e. The van der Waals surface area contributed by atoms with Gasteiger partial charge in [0.05, 0.1) is 13.2 Å². The van der Waals surface area contributed by atoms with Crippen LogP contribution in [0.25, 0.3) is 0 Å². The lowest BCUT2D eigenvalue weighted by atomic mass is 9.95. The van der Waals surface area contributed by atoms with Crippen LogP contribution in [-0.2, 0) is 9.59 Å². The minimum Gasteiger partial charge on any atom is -0.497 e. The largest absolute Gasteiger partial charge is 0.497 e. The van der Waals surface area contributed by atoms with Crippen molar-refractivity contribution >= 4 is 17.5 Å². The van der Waals surface area contributed by atoms with E-state index in [-0.39, 0.29) is 29.7 Å². The Morgan fingerprint density at radius 1 is 1.16 bits per heavy atom. The topological polar surface area (TPSA) is 58.6 Å². The number of nitrogens with one attached hydrogen (secondary N) is 1. The number of methoxy groups -OCH3 is 1. The van der Waals surface area contributed by atoms with E-state index in [9.17, 15) is 9.59 Å². The zero-order chi connectivity index (χ0) is 17.7. The Kier molecular flexibility index (Phi) is 3.97. The molecular formula is C20H26N2O3. The van der Waals surface area contributed by atoms with Crippen LogP contribution in [0.4, 0.5) is 5.69 Å². The van der Waals surface area contributed by atoms with Crippen molar-refractivity contribution in [2.24, 2.45) is 23.7 Å². The van der Waals surface area contributed by atoms with Gasteiger partial charge in [-0.05, 0) is 49.3 Å². The van der Waals surface area contributed by atoms with Gasteiger partial charge in [0.25, 0.3) is 0 Å². The van der Waals surface area contributed by atoms with Crippen LogP contribution >= 0.6 is 0 Å². The summed E-state index contributed by atoms with van der Waals surface area (Å²) in [6.45, 7) is 4.90. The summed E-state index contributed by atoms with van der Waals surface area (Å²) >= 11 is 0. The van der Waals surface area contributed by atoms with Crippen molar-refractivity contribution < 1.29 is 14.3 Å². The van der Waals surface area contributed by atoms with Gasteiger partial charge in [0.2, 0.25) is 11.8 Å². The van der Waals surface area contributed by atoms with Gasteiger partial charge in [-0.1, -0.05) is 13.8 Å². The van der Waals surface area contributed by atoms with Crippen LogP contribution in [0, 0.1) is 23.7 Å². The van der Waals surface area contributed by atoms with Crippen LogP contribution in [0.15, 0.2) is 18.2 Å². The van der Waals surface area contributed by atoms with E-state index in [1.54, 1.807) is 7.11 Å². The second kappa shape index (κ2) is 6.04.